The minimum atomic E-state index is -1.58. The van der Waals surface area contributed by atoms with Crippen LogP contribution in [-0.4, -0.2) is 23.3 Å². The molecule has 4 aliphatic rings. The smallest absolute Gasteiger partial charge is 0.486 e. The quantitative estimate of drug-likeness (QED) is 0.747. The highest BCUT2D eigenvalue weighted by atomic mass is 16.5. The summed E-state index contributed by atoms with van der Waals surface area (Å²) in [6.45, 7) is 0. The van der Waals surface area contributed by atoms with Crippen molar-refractivity contribution in [2.24, 2.45) is 5.92 Å². The average Bonchev–Trinajstić information content (AvgIpc) is 3.05. The molecule has 1 heterocycles. The summed E-state index contributed by atoms with van der Waals surface area (Å²) >= 11 is 0. The Balaban J connectivity index is 1.76. The van der Waals surface area contributed by atoms with E-state index in [0.29, 0.717) is 11.2 Å². The van der Waals surface area contributed by atoms with Crippen LogP contribution >= 0.6 is 0 Å². The Bertz CT molecular complexity index is 1140. The standard InChI is InChI=1S/C25H21BO3/c27-26(28)22-14-7-13-21-24(22)29-23-15-6-5-12-20(23)25(21)18-10-3-1-8-16(18)17-9-2-4-11-19(17)25/h1,3-8,10-15,20,23,27-28H,2,9H2. The summed E-state index contributed by atoms with van der Waals surface area (Å²) in [6.07, 6.45) is 14.9. The number of allylic oxidation sites excluding steroid dienone is 6. The van der Waals surface area contributed by atoms with E-state index in [-0.39, 0.29) is 12.0 Å². The number of hydrogen-bond donors (Lipinski definition) is 2. The summed E-state index contributed by atoms with van der Waals surface area (Å²) < 4.78 is 6.41. The van der Waals surface area contributed by atoms with Crippen molar-refractivity contribution in [3.05, 3.63) is 101 Å². The molecule has 2 aromatic rings. The predicted molar refractivity (Wildman–Crippen MR) is 115 cm³/mol. The molecule has 3 aliphatic carbocycles. The third-order valence-electron chi connectivity index (χ3n) is 6.86. The normalized spacial score (nSPS) is 27.9. The first-order chi connectivity index (χ1) is 14.2. The van der Waals surface area contributed by atoms with Crippen molar-refractivity contribution in [2.45, 2.75) is 24.4 Å². The van der Waals surface area contributed by atoms with Gasteiger partial charge in [0.05, 0.1) is 5.41 Å². The van der Waals surface area contributed by atoms with Gasteiger partial charge in [0, 0.05) is 16.9 Å². The lowest BCUT2D eigenvalue weighted by Gasteiger charge is -2.48. The van der Waals surface area contributed by atoms with Crippen LogP contribution in [0.1, 0.15) is 29.5 Å². The fraction of sp³-hybridized carbons (Fsp3) is 0.200. The first-order valence-corrected chi connectivity index (χ1v) is 10.2. The van der Waals surface area contributed by atoms with E-state index in [4.69, 9.17) is 4.74 Å². The largest absolute Gasteiger partial charge is 0.492 e. The molecule has 0 bridgehead atoms. The van der Waals surface area contributed by atoms with Crippen molar-refractivity contribution in [3.8, 4) is 5.75 Å². The van der Waals surface area contributed by atoms with Gasteiger partial charge in [-0.25, -0.2) is 0 Å². The SMILES string of the molecule is OB(O)c1cccc2c1OC1C=CC=CC1C21C2=C(CCC=C2)c2ccccc21. The molecule has 0 aromatic heterocycles. The average molecular weight is 380 g/mol. The molecule has 3 nitrogen and oxygen atoms in total. The van der Waals surface area contributed by atoms with Crippen molar-refractivity contribution >= 4 is 18.2 Å². The zero-order valence-corrected chi connectivity index (χ0v) is 16.0. The zero-order chi connectivity index (χ0) is 19.6. The number of para-hydroxylation sites is 1. The Morgan fingerprint density at radius 3 is 2.69 bits per heavy atom. The first kappa shape index (κ1) is 17.1. The Morgan fingerprint density at radius 1 is 0.966 bits per heavy atom. The van der Waals surface area contributed by atoms with Gasteiger partial charge in [-0.15, -0.1) is 0 Å². The Labute approximate surface area is 170 Å². The predicted octanol–water partition coefficient (Wildman–Crippen LogP) is 3.27. The van der Waals surface area contributed by atoms with Crippen molar-refractivity contribution < 1.29 is 14.8 Å². The molecule has 0 radical (unpaired) electrons. The molecule has 0 saturated heterocycles. The molecule has 3 unspecified atom stereocenters. The van der Waals surface area contributed by atoms with E-state index < -0.39 is 12.5 Å². The van der Waals surface area contributed by atoms with Gasteiger partial charge in [0.1, 0.15) is 11.9 Å². The summed E-state index contributed by atoms with van der Waals surface area (Å²) in [5.74, 6) is 0.703. The summed E-state index contributed by atoms with van der Waals surface area (Å²) in [7, 11) is -1.58. The molecule has 142 valence electrons. The maximum Gasteiger partial charge on any atom is 0.492 e. The van der Waals surface area contributed by atoms with Gasteiger partial charge in [0.15, 0.2) is 0 Å². The van der Waals surface area contributed by atoms with Crippen molar-refractivity contribution in [2.75, 3.05) is 0 Å². The van der Waals surface area contributed by atoms with Crippen LogP contribution in [0.25, 0.3) is 5.57 Å². The van der Waals surface area contributed by atoms with Gasteiger partial charge in [-0.3, -0.25) is 0 Å². The molecule has 3 atom stereocenters. The van der Waals surface area contributed by atoms with Crippen LogP contribution in [-0.2, 0) is 5.41 Å². The van der Waals surface area contributed by atoms with E-state index in [0.717, 1.165) is 18.4 Å². The lowest BCUT2D eigenvalue weighted by Crippen LogP contribution is -2.50. The number of ether oxygens (including phenoxy) is 1. The molecule has 0 saturated carbocycles. The van der Waals surface area contributed by atoms with Crippen LogP contribution in [0.4, 0.5) is 0 Å². The zero-order valence-electron chi connectivity index (χ0n) is 16.0. The Kier molecular flexibility index (Phi) is 3.59. The second-order valence-electron chi connectivity index (χ2n) is 8.16. The van der Waals surface area contributed by atoms with Crippen molar-refractivity contribution in [1.82, 2.24) is 0 Å². The molecular formula is C25H21BO3. The highest BCUT2D eigenvalue weighted by Gasteiger charge is 2.56. The monoisotopic (exact) mass is 380 g/mol. The second kappa shape index (κ2) is 6.09. The molecule has 4 heteroatoms. The lowest BCUT2D eigenvalue weighted by atomic mass is 9.58. The minimum Gasteiger partial charge on any atom is -0.486 e. The van der Waals surface area contributed by atoms with Gasteiger partial charge in [-0.2, -0.15) is 0 Å². The van der Waals surface area contributed by atoms with E-state index in [1.807, 2.05) is 12.1 Å². The molecule has 2 aromatic carbocycles. The number of hydrogen-bond acceptors (Lipinski definition) is 3. The van der Waals surface area contributed by atoms with E-state index in [1.54, 1.807) is 6.07 Å². The van der Waals surface area contributed by atoms with Gasteiger partial charge >= 0.3 is 7.12 Å². The summed E-state index contributed by atoms with van der Waals surface area (Å²) in [6, 6.07) is 14.4. The van der Waals surface area contributed by atoms with Gasteiger partial charge in [0.25, 0.3) is 0 Å². The molecular weight excluding hydrogens is 359 g/mol. The van der Waals surface area contributed by atoms with E-state index >= 15 is 0 Å². The van der Waals surface area contributed by atoms with E-state index in [9.17, 15) is 10.0 Å². The van der Waals surface area contributed by atoms with Crippen LogP contribution in [0.3, 0.4) is 0 Å². The second-order valence-corrected chi connectivity index (χ2v) is 8.16. The summed E-state index contributed by atoms with van der Waals surface area (Å²) in [4.78, 5) is 0. The molecule has 1 spiro atoms. The summed E-state index contributed by atoms with van der Waals surface area (Å²) in [5.41, 5.74) is 6.40. The van der Waals surface area contributed by atoms with Gasteiger partial charge in [0.2, 0.25) is 0 Å². The van der Waals surface area contributed by atoms with Crippen molar-refractivity contribution in [3.63, 3.8) is 0 Å². The van der Waals surface area contributed by atoms with E-state index in [1.165, 1.54) is 22.3 Å². The number of benzene rings is 2. The molecule has 6 rings (SSSR count). The fourth-order valence-corrected chi connectivity index (χ4v) is 5.80. The van der Waals surface area contributed by atoms with Crippen LogP contribution < -0.4 is 10.2 Å². The van der Waals surface area contributed by atoms with E-state index in [2.05, 4.69) is 60.7 Å². The molecule has 0 fully saturated rings. The third kappa shape index (κ3) is 2.11. The fourth-order valence-electron chi connectivity index (χ4n) is 5.80. The van der Waals surface area contributed by atoms with Crippen LogP contribution in [0.5, 0.6) is 5.75 Å². The topological polar surface area (TPSA) is 49.7 Å². The maximum atomic E-state index is 10.1. The highest BCUT2D eigenvalue weighted by Crippen LogP contribution is 2.61. The van der Waals surface area contributed by atoms with Crippen LogP contribution in [0, 0.1) is 5.92 Å². The van der Waals surface area contributed by atoms with Gasteiger partial charge < -0.3 is 14.8 Å². The molecule has 0 amide bonds. The first-order valence-electron chi connectivity index (χ1n) is 10.2. The third-order valence-corrected chi connectivity index (χ3v) is 6.86. The molecule has 29 heavy (non-hydrogen) atoms. The number of fused-ring (bicyclic) bond motifs is 8. The minimum absolute atomic E-state index is 0.0995. The van der Waals surface area contributed by atoms with Gasteiger partial charge in [-0.05, 0) is 41.2 Å². The number of rotatable bonds is 1. The van der Waals surface area contributed by atoms with Crippen LogP contribution in [0.2, 0.25) is 0 Å². The lowest BCUT2D eigenvalue weighted by molar-refractivity contribution is 0.142. The Morgan fingerprint density at radius 2 is 1.79 bits per heavy atom. The van der Waals surface area contributed by atoms with Gasteiger partial charge in [-0.1, -0.05) is 72.8 Å². The van der Waals surface area contributed by atoms with Crippen LogP contribution in [0.15, 0.2) is 84.5 Å². The molecule has 2 N–H and O–H groups in total. The summed E-state index contributed by atoms with van der Waals surface area (Å²) in [5, 5.41) is 20.1. The highest BCUT2D eigenvalue weighted by molar-refractivity contribution is 6.59. The molecule has 1 aliphatic heterocycles. The Hall–Kier alpha value is -2.82. The van der Waals surface area contributed by atoms with Crippen molar-refractivity contribution in [1.29, 1.82) is 0 Å². The maximum absolute atomic E-state index is 10.1.